The topological polar surface area (TPSA) is 40.5 Å². The molecule has 3 atom stereocenters. The molecule has 0 heterocycles. The van der Waals surface area contributed by atoms with E-state index in [2.05, 4.69) is 59.6 Å². The standard InChI is InChI=1S/C21H40O2Si/c1-10-19(8)20(22)15-21(9,23)13-11-12-14-24(16(2)3,17(4)5)18(6)7/h10,16-20,22-23H,1,11,13,15H2,2-9H3/t19-,20+,21-/m1/s1. The first-order chi connectivity index (χ1) is 10.9. The van der Waals surface area contributed by atoms with Gasteiger partial charge in [-0.2, -0.15) is 0 Å². The van der Waals surface area contributed by atoms with E-state index in [9.17, 15) is 10.2 Å². The summed E-state index contributed by atoms with van der Waals surface area (Å²) >= 11 is 0. The lowest BCUT2D eigenvalue weighted by Gasteiger charge is -2.38. The van der Waals surface area contributed by atoms with Gasteiger partial charge in [0.25, 0.3) is 0 Å². The fraction of sp³-hybridized carbons (Fsp3) is 0.810. The maximum Gasteiger partial charge on any atom is 0.145 e. The van der Waals surface area contributed by atoms with Crippen molar-refractivity contribution in [2.75, 3.05) is 0 Å². The molecule has 0 aliphatic carbocycles. The van der Waals surface area contributed by atoms with E-state index in [1.807, 2.05) is 6.92 Å². The predicted molar refractivity (Wildman–Crippen MR) is 109 cm³/mol. The number of hydrogen-bond donors (Lipinski definition) is 2. The lowest BCUT2D eigenvalue weighted by atomic mass is 9.88. The Hall–Kier alpha value is -0.563. The van der Waals surface area contributed by atoms with Crippen LogP contribution in [0.5, 0.6) is 0 Å². The molecule has 0 radical (unpaired) electrons. The van der Waals surface area contributed by atoms with Gasteiger partial charge in [0.05, 0.1) is 11.7 Å². The molecule has 0 saturated carbocycles. The molecule has 0 saturated heterocycles. The monoisotopic (exact) mass is 352 g/mol. The number of hydrogen-bond acceptors (Lipinski definition) is 2. The Morgan fingerprint density at radius 1 is 1.04 bits per heavy atom. The minimum absolute atomic E-state index is 0.00885. The van der Waals surface area contributed by atoms with Crippen LogP contribution >= 0.6 is 0 Å². The van der Waals surface area contributed by atoms with Crippen molar-refractivity contribution < 1.29 is 10.2 Å². The van der Waals surface area contributed by atoms with Crippen LogP contribution in [0.1, 0.15) is 74.7 Å². The molecule has 0 bridgehead atoms. The molecule has 0 spiro atoms. The first-order valence-electron chi connectivity index (χ1n) is 9.43. The van der Waals surface area contributed by atoms with Crippen molar-refractivity contribution in [3.63, 3.8) is 0 Å². The minimum Gasteiger partial charge on any atom is -0.392 e. The van der Waals surface area contributed by atoms with Gasteiger partial charge in [0, 0.05) is 12.8 Å². The fourth-order valence-corrected chi connectivity index (χ4v) is 9.17. The second-order valence-electron chi connectivity index (χ2n) is 8.56. The molecule has 2 N–H and O–H groups in total. The van der Waals surface area contributed by atoms with Crippen LogP contribution in [0.4, 0.5) is 0 Å². The van der Waals surface area contributed by atoms with E-state index in [1.54, 1.807) is 13.0 Å². The summed E-state index contributed by atoms with van der Waals surface area (Å²) in [5.41, 5.74) is 4.68. The second-order valence-corrected chi connectivity index (χ2v) is 14.1. The van der Waals surface area contributed by atoms with Crippen molar-refractivity contribution in [1.29, 1.82) is 0 Å². The lowest BCUT2D eigenvalue weighted by Crippen LogP contribution is -2.43. The summed E-state index contributed by atoms with van der Waals surface area (Å²) in [7, 11) is -1.68. The van der Waals surface area contributed by atoms with Crippen LogP contribution < -0.4 is 0 Å². The molecule has 3 heteroatoms. The molecule has 0 amide bonds. The van der Waals surface area contributed by atoms with Crippen molar-refractivity contribution in [1.82, 2.24) is 0 Å². The maximum atomic E-state index is 10.5. The van der Waals surface area contributed by atoms with Crippen molar-refractivity contribution in [3.8, 4) is 11.5 Å². The van der Waals surface area contributed by atoms with Crippen LogP contribution in [0, 0.1) is 17.4 Å². The number of rotatable bonds is 9. The van der Waals surface area contributed by atoms with Crippen LogP contribution in [-0.4, -0.2) is 30.0 Å². The summed E-state index contributed by atoms with van der Waals surface area (Å²) in [5, 5.41) is 20.6. The molecule has 140 valence electrons. The molecule has 0 unspecified atom stereocenters. The zero-order valence-corrected chi connectivity index (χ0v) is 18.2. The quantitative estimate of drug-likeness (QED) is 0.335. The number of aliphatic hydroxyl groups excluding tert-OH is 1. The van der Waals surface area contributed by atoms with Crippen LogP contribution in [0.25, 0.3) is 0 Å². The van der Waals surface area contributed by atoms with Crippen LogP contribution in [0.15, 0.2) is 12.7 Å². The first-order valence-corrected chi connectivity index (χ1v) is 11.7. The summed E-state index contributed by atoms with van der Waals surface area (Å²) < 4.78 is 0. The number of aliphatic hydroxyl groups is 2. The molecular formula is C21H40O2Si. The maximum absolute atomic E-state index is 10.5. The van der Waals surface area contributed by atoms with Gasteiger partial charge in [0.2, 0.25) is 0 Å². The van der Waals surface area contributed by atoms with Gasteiger partial charge >= 0.3 is 0 Å². The van der Waals surface area contributed by atoms with Crippen LogP contribution in [0.2, 0.25) is 16.6 Å². The molecular weight excluding hydrogens is 312 g/mol. The summed E-state index contributed by atoms with van der Waals surface area (Å²) in [5.74, 6) is 3.38. The van der Waals surface area contributed by atoms with Gasteiger partial charge in [-0.15, -0.1) is 18.0 Å². The summed E-state index contributed by atoms with van der Waals surface area (Å²) in [6.45, 7) is 21.3. The average molecular weight is 353 g/mol. The van der Waals surface area contributed by atoms with E-state index in [-0.39, 0.29) is 5.92 Å². The van der Waals surface area contributed by atoms with E-state index in [0.29, 0.717) is 35.9 Å². The predicted octanol–water partition coefficient (Wildman–Crippen LogP) is 5.31. The average Bonchev–Trinajstić information content (AvgIpc) is 2.44. The summed E-state index contributed by atoms with van der Waals surface area (Å²) in [6.07, 6.45) is 2.82. The van der Waals surface area contributed by atoms with Gasteiger partial charge in [0.1, 0.15) is 8.07 Å². The summed E-state index contributed by atoms with van der Waals surface area (Å²) in [4.78, 5) is 0. The van der Waals surface area contributed by atoms with Gasteiger partial charge in [0.15, 0.2) is 0 Å². The van der Waals surface area contributed by atoms with E-state index in [0.717, 1.165) is 0 Å². The first kappa shape index (κ1) is 23.4. The Morgan fingerprint density at radius 2 is 1.50 bits per heavy atom. The zero-order chi connectivity index (χ0) is 19.1. The van der Waals surface area contributed by atoms with Crippen LogP contribution in [0.3, 0.4) is 0 Å². The third-order valence-electron chi connectivity index (χ3n) is 5.59. The molecule has 0 rings (SSSR count). The Balaban J connectivity index is 4.96. The van der Waals surface area contributed by atoms with E-state index in [1.165, 1.54) is 0 Å². The van der Waals surface area contributed by atoms with Gasteiger partial charge in [-0.1, -0.05) is 54.5 Å². The van der Waals surface area contributed by atoms with Crippen molar-refractivity contribution in [2.24, 2.45) is 5.92 Å². The molecule has 0 aliphatic heterocycles. The molecule has 0 aromatic carbocycles. The van der Waals surface area contributed by atoms with E-state index < -0.39 is 19.8 Å². The minimum atomic E-state index is -1.68. The van der Waals surface area contributed by atoms with E-state index in [4.69, 9.17) is 0 Å². The fourth-order valence-electron chi connectivity index (χ4n) is 3.88. The van der Waals surface area contributed by atoms with E-state index >= 15 is 0 Å². The molecule has 0 aromatic heterocycles. The van der Waals surface area contributed by atoms with Gasteiger partial charge < -0.3 is 10.2 Å². The SMILES string of the molecule is C=C[C@@H](C)[C@@H](O)C[C@](C)(O)CCC#C[Si](C(C)C)(C(C)C)C(C)C. The highest BCUT2D eigenvalue weighted by atomic mass is 28.3. The third kappa shape index (κ3) is 6.39. The Kier molecular flexibility index (Phi) is 9.57. The van der Waals surface area contributed by atoms with Gasteiger partial charge in [-0.05, 0) is 35.9 Å². The normalized spacial score (nSPS) is 17.4. The van der Waals surface area contributed by atoms with Crippen molar-refractivity contribution in [2.45, 2.75) is 103 Å². The Morgan fingerprint density at radius 3 is 1.88 bits per heavy atom. The largest absolute Gasteiger partial charge is 0.392 e. The molecule has 0 aromatic rings. The van der Waals surface area contributed by atoms with Crippen LogP contribution in [-0.2, 0) is 0 Å². The molecule has 24 heavy (non-hydrogen) atoms. The smallest absolute Gasteiger partial charge is 0.145 e. The van der Waals surface area contributed by atoms with Crippen molar-refractivity contribution in [3.05, 3.63) is 12.7 Å². The van der Waals surface area contributed by atoms with Gasteiger partial charge in [-0.3, -0.25) is 0 Å². The molecule has 0 aliphatic rings. The molecule has 0 fully saturated rings. The lowest BCUT2D eigenvalue weighted by molar-refractivity contribution is -0.0115. The summed E-state index contributed by atoms with van der Waals surface area (Å²) in [6, 6.07) is 0. The van der Waals surface area contributed by atoms with Crippen molar-refractivity contribution >= 4 is 8.07 Å². The highest BCUT2D eigenvalue weighted by molar-refractivity contribution is 6.90. The highest BCUT2D eigenvalue weighted by Gasteiger charge is 2.41. The second kappa shape index (κ2) is 9.80. The Labute approximate surface area is 151 Å². The third-order valence-corrected chi connectivity index (χ3v) is 11.9. The Bertz CT molecular complexity index is 419. The van der Waals surface area contributed by atoms with Gasteiger partial charge in [-0.25, -0.2) is 0 Å². The molecule has 2 nitrogen and oxygen atoms in total. The highest BCUT2D eigenvalue weighted by Crippen LogP contribution is 2.40. The zero-order valence-electron chi connectivity index (χ0n) is 17.2.